The van der Waals surface area contributed by atoms with Gasteiger partial charge in [-0.05, 0) is 66.8 Å². The molecule has 0 saturated heterocycles. The molecule has 1 fully saturated rings. The fraction of sp³-hybridized carbons (Fsp3) is 0.304. The van der Waals surface area contributed by atoms with Crippen molar-refractivity contribution in [2.45, 2.75) is 44.2 Å². The molecule has 0 spiro atoms. The first-order chi connectivity index (χ1) is 12.6. The van der Waals surface area contributed by atoms with Gasteiger partial charge in [-0.2, -0.15) is 0 Å². The van der Waals surface area contributed by atoms with Crippen LogP contribution in [-0.4, -0.2) is 6.04 Å². The zero-order valence-corrected chi connectivity index (χ0v) is 16.5. The highest BCUT2D eigenvalue weighted by molar-refractivity contribution is 9.10. The quantitative estimate of drug-likeness (QED) is 0.501. The molecule has 1 N–H and O–H groups in total. The highest BCUT2D eigenvalue weighted by Crippen LogP contribution is 2.37. The Morgan fingerprint density at radius 2 is 1.81 bits per heavy atom. The second kappa shape index (κ2) is 7.50. The smallest absolute Gasteiger partial charge is 0.131 e. The van der Waals surface area contributed by atoms with Crippen molar-refractivity contribution in [3.63, 3.8) is 0 Å². The number of fused-ring (bicyclic) bond motifs is 1. The first-order valence-electron chi connectivity index (χ1n) is 9.30. The molecule has 26 heavy (non-hydrogen) atoms. The zero-order chi connectivity index (χ0) is 18.1. The summed E-state index contributed by atoms with van der Waals surface area (Å²) in [4.78, 5) is 0. The van der Waals surface area contributed by atoms with Gasteiger partial charge in [0.05, 0.1) is 0 Å². The highest BCUT2D eigenvalue weighted by atomic mass is 79.9. The summed E-state index contributed by atoms with van der Waals surface area (Å²) in [5.74, 6) is 0.467. The summed E-state index contributed by atoms with van der Waals surface area (Å²) in [6.07, 6.45) is 3.55. The van der Waals surface area contributed by atoms with E-state index in [0.29, 0.717) is 17.3 Å². The molecule has 0 radical (unpaired) electrons. The van der Waals surface area contributed by atoms with E-state index in [4.69, 9.17) is 0 Å². The van der Waals surface area contributed by atoms with Crippen LogP contribution in [0.15, 0.2) is 65.1 Å². The topological polar surface area (TPSA) is 12.0 Å². The summed E-state index contributed by atoms with van der Waals surface area (Å²) in [6, 6.07) is 20.6. The normalized spacial score (nSPS) is 21.2. The molecule has 0 aliphatic heterocycles. The maximum Gasteiger partial charge on any atom is 0.131 e. The molecule has 0 amide bonds. The van der Waals surface area contributed by atoms with Crippen molar-refractivity contribution < 1.29 is 4.39 Å². The van der Waals surface area contributed by atoms with Crippen molar-refractivity contribution in [2.75, 3.05) is 0 Å². The standard InChI is InChI=1S/C23H23BrFN/c1-15(20-11-12-23(25)22-8-3-2-7-21(20)22)26-19-10-9-17(14-19)16-5-4-6-18(24)13-16/h2-8,11-13,15,17,19,26H,9-10,14H2,1H3/t15-,17-,19?/m1/s1. The zero-order valence-electron chi connectivity index (χ0n) is 14.9. The minimum Gasteiger partial charge on any atom is -0.307 e. The van der Waals surface area contributed by atoms with Crippen molar-refractivity contribution in [3.8, 4) is 0 Å². The molecular weight excluding hydrogens is 389 g/mol. The molecule has 3 atom stereocenters. The highest BCUT2D eigenvalue weighted by Gasteiger charge is 2.27. The molecule has 3 aromatic carbocycles. The minimum atomic E-state index is -0.146. The van der Waals surface area contributed by atoms with Gasteiger partial charge in [-0.1, -0.05) is 58.4 Å². The first-order valence-corrected chi connectivity index (χ1v) is 10.1. The molecule has 1 saturated carbocycles. The Bertz CT molecular complexity index is 923. The first kappa shape index (κ1) is 17.7. The number of rotatable bonds is 4. The molecule has 1 nitrogen and oxygen atoms in total. The molecule has 1 unspecified atom stereocenters. The summed E-state index contributed by atoms with van der Waals surface area (Å²) in [7, 11) is 0. The summed E-state index contributed by atoms with van der Waals surface area (Å²) in [5.41, 5.74) is 2.59. The summed E-state index contributed by atoms with van der Waals surface area (Å²) >= 11 is 3.58. The largest absolute Gasteiger partial charge is 0.307 e. The van der Waals surface area contributed by atoms with Gasteiger partial charge >= 0.3 is 0 Å². The predicted octanol–water partition coefficient (Wildman–Crippen LogP) is 6.73. The Morgan fingerprint density at radius 1 is 1.00 bits per heavy atom. The summed E-state index contributed by atoms with van der Waals surface area (Å²) in [5, 5.41) is 5.50. The van der Waals surface area contributed by atoms with E-state index >= 15 is 0 Å². The van der Waals surface area contributed by atoms with Gasteiger partial charge in [0.15, 0.2) is 0 Å². The van der Waals surface area contributed by atoms with E-state index in [1.54, 1.807) is 6.07 Å². The molecule has 1 aliphatic carbocycles. The Morgan fingerprint density at radius 3 is 2.62 bits per heavy atom. The van der Waals surface area contributed by atoms with Gasteiger partial charge in [0.2, 0.25) is 0 Å². The van der Waals surface area contributed by atoms with Crippen LogP contribution in [0, 0.1) is 5.82 Å². The summed E-state index contributed by atoms with van der Waals surface area (Å²) < 4.78 is 15.2. The monoisotopic (exact) mass is 411 g/mol. The fourth-order valence-electron chi connectivity index (χ4n) is 4.30. The maximum absolute atomic E-state index is 14.1. The van der Waals surface area contributed by atoms with E-state index in [0.717, 1.165) is 16.3 Å². The lowest BCUT2D eigenvalue weighted by Gasteiger charge is -2.22. The van der Waals surface area contributed by atoms with E-state index in [9.17, 15) is 4.39 Å². The molecule has 0 aromatic heterocycles. The average Bonchev–Trinajstić information content (AvgIpc) is 3.11. The van der Waals surface area contributed by atoms with E-state index in [-0.39, 0.29) is 11.9 Å². The van der Waals surface area contributed by atoms with E-state index in [1.165, 1.54) is 24.0 Å². The van der Waals surface area contributed by atoms with Crippen LogP contribution >= 0.6 is 15.9 Å². The van der Waals surface area contributed by atoms with Gasteiger partial charge in [0.1, 0.15) is 5.82 Å². The van der Waals surface area contributed by atoms with Crippen LogP contribution in [0.5, 0.6) is 0 Å². The number of hydrogen-bond donors (Lipinski definition) is 1. The van der Waals surface area contributed by atoms with Crippen molar-refractivity contribution in [1.29, 1.82) is 0 Å². The number of hydrogen-bond acceptors (Lipinski definition) is 1. The summed E-state index contributed by atoms with van der Waals surface area (Å²) in [6.45, 7) is 2.19. The van der Waals surface area contributed by atoms with Crippen molar-refractivity contribution in [2.24, 2.45) is 0 Å². The van der Waals surface area contributed by atoms with Crippen molar-refractivity contribution >= 4 is 26.7 Å². The van der Waals surface area contributed by atoms with Gasteiger partial charge < -0.3 is 5.32 Å². The SMILES string of the molecule is C[C@@H](NC1CC[C@@H](c2cccc(Br)c2)C1)c1ccc(F)c2ccccc12. The van der Waals surface area contributed by atoms with Crippen LogP contribution in [0.4, 0.5) is 4.39 Å². The number of benzene rings is 3. The Labute approximate surface area is 162 Å². The van der Waals surface area contributed by atoms with E-state index < -0.39 is 0 Å². The van der Waals surface area contributed by atoms with Crippen molar-refractivity contribution in [1.82, 2.24) is 5.32 Å². The molecule has 3 aromatic rings. The van der Waals surface area contributed by atoms with Gasteiger partial charge in [-0.25, -0.2) is 4.39 Å². The van der Waals surface area contributed by atoms with Crippen LogP contribution in [0.25, 0.3) is 10.8 Å². The Hall–Kier alpha value is -1.71. The molecule has 1 aliphatic rings. The maximum atomic E-state index is 14.1. The number of halogens is 2. The van der Waals surface area contributed by atoms with Gasteiger partial charge in [-0.15, -0.1) is 0 Å². The van der Waals surface area contributed by atoms with Crippen LogP contribution < -0.4 is 5.32 Å². The molecule has 4 rings (SSSR count). The lowest BCUT2D eigenvalue weighted by atomic mass is 9.96. The Kier molecular flexibility index (Phi) is 5.10. The molecule has 134 valence electrons. The van der Waals surface area contributed by atoms with Gasteiger partial charge in [-0.3, -0.25) is 0 Å². The third kappa shape index (κ3) is 3.56. The lowest BCUT2D eigenvalue weighted by molar-refractivity contribution is 0.458. The van der Waals surface area contributed by atoms with Crippen molar-refractivity contribution in [3.05, 3.63) is 82.1 Å². The van der Waals surface area contributed by atoms with Crippen LogP contribution in [0.1, 0.15) is 49.3 Å². The lowest BCUT2D eigenvalue weighted by Crippen LogP contribution is -2.29. The van der Waals surface area contributed by atoms with Crippen LogP contribution in [-0.2, 0) is 0 Å². The second-order valence-electron chi connectivity index (χ2n) is 7.33. The third-order valence-electron chi connectivity index (χ3n) is 5.61. The van der Waals surface area contributed by atoms with E-state index in [1.807, 2.05) is 30.3 Å². The molecular formula is C23H23BrFN. The second-order valence-corrected chi connectivity index (χ2v) is 8.25. The third-order valence-corrected chi connectivity index (χ3v) is 6.10. The van der Waals surface area contributed by atoms with Gasteiger partial charge in [0, 0.05) is 21.9 Å². The average molecular weight is 412 g/mol. The number of nitrogens with one attached hydrogen (secondary N) is 1. The minimum absolute atomic E-state index is 0.146. The van der Waals surface area contributed by atoms with Crippen LogP contribution in [0.2, 0.25) is 0 Å². The van der Waals surface area contributed by atoms with Gasteiger partial charge in [0.25, 0.3) is 0 Å². The van der Waals surface area contributed by atoms with E-state index in [2.05, 4.69) is 52.4 Å². The predicted molar refractivity (Wildman–Crippen MR) is 110 cm³/mol. The molecule has 0 heterocycles. The Balaban J connectivity index is 1.49. The fourth-order valence-corrected chi connectivity index (χ4v) is 4.72. The van der Waals surface area contributed by atoms with Crippen LogP contribution in [0.3, 0.4) is 0 Å². The molecule has 3 heteroatoms. The molecule has 0 bridgehead atoms.